The summed E-state index contributed by atoms with van der Waals surface area (Å²) in [6, 6.07) is 0. The maximum atomic E-state index is 8.71. The van der Waals surface area contributed by atoms with Crippen molar-refractivity contribution in [3.8, 4) is 0 Å². The largest absolute Gasteiger partial charge is 0.396 e. The summed E-state index contributed by atoms with van der Waals surface area (Å²) in [5, 5.41) is 9.39. The van der Waals surface area contributed by atoms with E-state index in [9.17, 15) is 0 Å². The lowest BCUT2D eigenvalue weighted by atomic mass is 9.97. The SMILES string of the molecule is Nc1nc2c(s1)C=C(CCCCO)CC2. The van der Waals surface area contributed by atoms with E-state index in [2.05, 4.69) is 11.1 Å². The number of thiazole rings is 1. The Labute approximate surface area is 93.6 Å². The molecule has 0 aromatic carbocycles. The number of unbranched alkanes of at least 4 members (excludes halogenated alkanes) is 1. The Morgan fingerprint density at radius 1 is 1.40 bits per heavy atom. The molecule has 15 heavy (non-hydrogen) atoms. The van der Waals surface area contributed by atoms with Crippen LogP contribution in [-0.2, 0) is 6.42 Å². The summed E-state index contributed by atoms with van der Waals surface area (Å²) in [4.78, 5) is 5.53. The molecule has 3 nitrogen and oxygen atoms in total. The van der Waals surface area contributed by atoms with Crippen molar-refractivity contribution in [3.63, 3.8) is 0 Å². The van der Waals surface area contributed by atoms with Gasteiger partial charge in [-0.2, -0.15) is 0 Å². The molecule has 2 rings (SSSR count). The van der Waals surface area contributed by atoms with Crippen LogP contribution in [0.5, 0.6) is 0 Å². The zero-order chi connectivity index (χ0) is 10.7. The molecular weight excluding hydrogens is 208 g/mol. The minimum atomic E-state index is 0.298. The number of rotatable bonds is 4. The summed E-state index contributed by atoms with van der Waals surface area (Å²) < 4.78 is 0. The van der Waals surface area contributed by atoms with Crippen LogP contribution in [0.1, 0.15) is 36.3 Å². The summed E-state index contributed by atoms with van der Waals surface area (Å²) in [5.74, 6) is 0. The molecule has 1 aromatic heterocycles. The first kappa shape index (κ1) is 10.6. The second-order valence-corrected chi connectivity index (χ2v) is 4.91. The first-order chi connectivity index (χ1) is 7.29. The summed E-state index contributed by atoms with van der Waals surface area (Å²) in [7, 11) is 0. The second kappa shape index (κ2) is 4.77. The zero-order valence-corrected chi connectivity index (χ0v) is 9.52. The summed E-state index contributed by atoms with van der Waals surface area (Å²) >= 11 is 1.57. The van der Waals surface area contributed by atoms with E-state index < -0.39 is 0 Å². The van der Waals surface area contributed by atoms with Gasteiger partial charge in [-0.25, -0.2) is 4.98 Å². The zero-order valence-electron chi connectivity index (χ0n) is 8.70. The Hall–Kier alpha value is -0.870. The number of hydrogen-bond acceptors (Lipinski definition) is 4. The molecule has 0 aliphatic heterocycles. The molecule has 3 N–H and O–H groups in total. The van der Waals surface area contributed by atoms with Crippen LogP contribution in [0, 0.1) is 0 Å². The molecule has 0 saturated carbocycles. The van der Waals surface area contributed by atoms with Crippen LogP contribution < -0.4 is 5.73 Å². The third-order valence-corrected chi connectivity index (χ3v) is 3.54. The van der Waals surface area contributed by atoms with Crippen LogP contribution in [0.3, 0.4) is 0 Å². The number of aliphatic hydroxyl groups excluding tert-OH is 1. The van der Waals surface area contributed by atoms with E-state index in [1.807, 2.05) is 0 Å². The van der Waals surface area contributed by atoms with Crippen LogP contribution in [0.15, 0.2) is 5.57 Å². The molecule has 0 radical (unpaired) electrons. The van der Waals surface area contributed by atoms with Gasteiger partial charge in [0.25, 0.3) is 0 Å². The van der Waals surface area contributed by atoms with Crippen LogP contribution in [0.25, 0.3) is 6.08 Å². The average Bonchev–Trinajstić information content (AvgIpc) is 2.57. The molecule has 0 amide bonds. The van der Waals surface area contributed by atoms with Gasteiger partial charge < -0.3 is 10.8 Å². The van der Waals surface area contributed by atoms with Gasteiger partial charge in [-0.15, -0.1) is 0 Å². The fourth-order valence-corrected chi connectivity index (χ4v) is 2.74. The van der Waals surface area contributed by atoms with E-state index in [4.69, 9.17) is 10.8 Å². The maximum absolute atomic E-state index is 8.71. The van der Waals surface area contributed by atoms with E-state index >= 15 is 0 Å². The lowest BCUT2D eigenvalue weighted by molar-refractivity contribution is 0.284. The van der Waals surface area contributed by atoms with E-state index in [1.165, 1.54) is 10.5 Å². The van der Waals surface area contributed by atoms with Crippen molar-refractivity contribution in [2.24, 2.45) is 0 Å². The first-order valence-corrected chi connectivity index (χ1v) is 6.16. The number of aliphatic hydroxyl groups is 1. The standard InChI is InChI=1S/C11H16N2OS/c12-11-13-9-5-4-8(3-1-2-6-14)7-10(9)15-11/h7,14H,1-6H2,(H2,12,13). The van der Waals surface area contributed by atoms with Crippen molar-refractivity contribution in [2.75, 3.05) is 12.3 Å². The minimum Gasteiger partial charge on any atom is -0.396 e. The molecule has 0 unspecified atom stereocenters. The van der Waals surface area contributed by atoms with Crippen molar-refractivity contribution in [1.29, 1.82) is 0 Å². The van der Waals surface area contributed by atoms with Gasteiger partial charge in [0.15, 0.2) is 5.13 Å². The minimum absolute atomic E-state index is 0.298. The Morgan fingerprint density at radius 2 is 2.27 bits per heavy atom. The van der Waals surface area contributed by atoms with Crippen molar-refractivity contribution >= 4 is 22.5 Å². The molecule has 4 heteroatoms. The summed E-state index contributed by atoms with van der Waals surface area (Å²) in [6.45, 7) is 0.298. The summed E-state index contributed by atoms with van der Waals surface area (Å²) in [5.41, 5.74) is 8.30. The van der Waals surface area contributed by atoms with Crippen molar-refractivity contribution < 1.29 is 5.11 Å². The molecule has 1 aliphatic carbocycles. The number of nitrogens with two attached hydrogens (primary N) is 1. The molecule has 0 bridgehead atoms. The highest BCUT2D eigenvalue weighted by molar-refractivity contribution is 7.16. The monoisotopic (exact) mass is 224 g/mol. The molecular formula is C11H16N2OS. The third kappa shape index (κ3) is 2.58. The summed E-state index contributed by atoms with van der Waals surface area (Å²) in [6.07, 6.45) is 7.42. The topological polar surface area (TPSA) is 59.1 Å². The number of allylic oxidation sites excluding steroid dienone is 1. The lowest BCUT2D eigenvalue weighted by Crippen LogP contribution is -1.98. The smallest absolute Gasteiger partial charge is 0.180 e. The fraction of sp³-hybridized carbons (Fsp3) is 0.545. The molecule has 0 atom stereocenters. The van der Waals surface area contributed by atoms with Crippen LogP contribution in [0.2, 0.25) is 0 Å². The van der Waals surface area contributed by atoms with Crippen LogP contribution in [0.4, 0.5) is 5.13 Å². The number of hydrogen-bond donors (Lipinski definition) is 2. The molecule has 82 valence electrons. The third-order valence-electron chi connectivity index (χ3n) is 2.67. The van der Waals surface area contributed by atoms with Crippen molar-refractivity contribution in [2.45, 2.75) is 32.1 Å². The number of aromatic nitrogens is 1. The normalized spacial score (nSPS) is 14.9. The number of fused-ring (bicyclic) bond motifs is 1. The second-order valence-electron chi connectivity index (χ2n) is 3.85. The number of nitrogens with zero attached hydrogens (tertiary/aromatic N) is 1. The number of anilines is 1. The van der Waals surface area contributed by atoms with E-state index in [0.717, 1.165) is 37.8 Å². The van der Waals surface area contributed by atoms with Gasteiger partial charge in [0.05, 0.1) is 10.6 Å². The highest BCUT2D eigenvalue weighted by Gasteiger charge is 2.14. The molecule has 1 heterocycles. The number of aryl methyl sites for hydroxylation is 1. The molecule has 1 aromatic rings. The fourth-order valence-electron chi connectivity index (χ4n) is 1.87. The van der Waals surface area contributed by atoms with E-state index in [1.54, 1.807) is 11.3 Å². The Balaban J connectivity index is 2.01. The predicted octanol–water partition coefficient (Wildman–Crippen LogP) is 2.22. The highest BCUT2D eigenvalue weighted by atomic mass is 32.1. The molecule has 1 aliphatic rings. The van der Waals surface area contributed by atoms with Gasteiger partial charge >= 0.3 is 0 Å². The van der Waals surface area contributed by atoms with Gasteiger partial charge in [-0.05, 0) is 38.2 Å². The average molecular weight is 224 g/mol. The van der Waals surface area contributed by atoms with Crippen molar-refractivity contribution in [1.82, 2.24) is 4.98 Å². The maximum Gasteiger partial charge on any atom is 0.180 e. The highest BCUT2D eigenvalue weighted by Crippen LogP contribution is 2.31. The van der Waals surface area contributed by atoms with Crippen molar-refractivity contribution in [3.05, 3.63) is 16.1 Å². The van der Waals surface area contributed by atoms with Gasteiger partial charge in [-0.3, -0.25) is 0 Å². The Morgan fingerprint density at radius 3 is 3.07 bits per heavy atom. The van der Waals surface area contributed by atoms with Gasteiger partial charge in [0, 0.05) is 6.61 Å². The quantitative estimate of drug-likeness (QED) is 0.771. The molecule has 0 spiro atoms. The number of nitrogen functional groups attached to an aromatic ring is 1. The van der Waals surface area contributed by atoms with Crippen LogP contribution in [-0.4, -0.2) is 16.7 Å². The molecule has 0 saturated heterocycles. The first-order valence-electron chi connectivity index (χ1n) is 5.35. The van der Waals surface area contributed by atoms with Gasteiger partial charge in [0.1, 0.15) is 0 Å². The van der Waals surface area contributed by atoms with Crippen LogP contribution >= 0.6 is 11.3 Å². The van der Waals surface area contributed by atoms with Gasteiger partial charge in [-0.1, -0.05) is 16.9 Å². The lowest BCUT2D eigenvalue weighted by Gasteiger charge is -2.11. The predicted molar refractivity (Wildman–Crippen MR) is 63.8 cm³/mol. The Kier molecular flexibility index (Phi) is 3.38. The molecule has 0 fully saturated rings. The van der Waals surface area contributed by atoms with E-state index in [0.29, 0.717) is 11.7 Å². The van der Waals surface area contributed by atoms with Gasteiger partial charge in [0.2, 0.25) is 0 Å². The Bertz CT molecular complexity index is 371. The van der Waals surface area contributed by atoms with E-state index in [-0.39, 0.29) is 0 Å².